The first kappa shape index (κ1) is 12.2. The molecule has 4 heteroatoms. The van der Waals surface area contributed by atoms with E-state index in [0.717, 1.165) is 30.6 Å². The van der Waals surface area contributed by atoms with Gasteiger partial charge in [0.25, 0.3) is 0 Å². The first-order chi connectivity index (χ1) is 8.26. The second-order valence-electron chi connectivity index (χ2n) is 4.46. The van der Waals surface area contributed by atoms with Gasteiger partial charge in [0.15, 0.2) is 0 Å². The van der Waals surface area contributed by atoms with Crippen LogP contribution in [0.5, 0.6) is 5.75 Å². The summed E-state index contributed by atoms with van der Waals surface area (Å²) in [5.41, 5.74) is 1.71. The van der Waals surface area contributed by atoms with Crippen molar-refractivity contribution in [2.45, 2.75) is 25.3 Å². The summed E-state index contributed by atoms with van der Waals surface area (Å²) in [6, 6.07) is 5.67. The van der Waals surface area contributed by atoms with E-state index in [4.69, 9.17) is 5.11 Å². The van der Waals surface area contributed by atoms with Crippen LogP contribution < -0.4 is 4.90 Å². The van der Waals surface area contributed by atoms with Crippen LogP contribution in [0.4, 0.5) is 5.69 Å². The van der Waals surface area contributed by atoms with Crippen molar-refractivity contribution in [3.8, 4) is 5.75 Å². The zero-order valence-corrected chi connectivity index (χ0v) is 9.84. The lowest BCUT2D eigenvalue weighted by Crippen LogP contribution is -2.31. The van der Waals surface area contributed by atoms with Crippen LogP contribution in [0, 0.1) is 0 Å². The number of nitrogens with zero attached hydrogens (tertiary/aromatic N) is 1. The molecule has 1 heterocycles. The van der Waals surface area contributed by atoms with Gasteiger partial charge >= 0.3 is 0 Å². The molecule has 1 fully saturated rings. The molecule has 1 aliphatic rings. The number of anilines is 1. The molecule has 1 aliphatic heterocycles. The number of hydrogen-bond acceptors (Lipinski definition) is 4. The highest BCUT2D eigenvalue weighted by Gasteiger charge is 2.24. The van der Waals surface area contributed by atoms with Gasteiger partial charge in [-0.3, -0.25) is 0 Å². The smallest absolute Gasteiger partial charge is 0.120 e. The zero-order valence-electron chi connectivity index (χ0n) is 9.84. The highest BCUT2D eigenvalue weighted by molar-refractivity contribution is 5.54. The minimum absolute atomic E-state index is 0.0376. The van der Waals surface area contributed by atoms with Gasteiger partial charge in [0.1, 0.15) is 5.75 Å². The van der Waals surface area contributed by atoms with Crippen molar-refractivity contribution in [2.75, 3.05) is 24.7 Å². The van der Waals surface area contributed by atoms with E-state index in [0.29, 0.717) is 6.42 Å². The van der Waals surface area contributed by atoms with Crippen LogP contribution in [0.1, 0.15) is 18.4 Å². The van der Waals surface area contributed by atoms with Crippen LogP contribution in [0.2, 0.25) is 0 Å². The monoisotopic (exact) mass is 237 g/mol. The first-order valence-electron chi connectivity index (χ1n) is 6.06. The van der Waals surface area contributed by atoms with E-state index in [2.05, 4.69) is 4.90 Å². The predicted octanol–water partition coefficient (Wildman–Crippen LogP) is 0.888. The minimum atomic E-state index is 0.0376. The van der Waals surface area contributed by atoms with Crippen molar-refractivity contribution in [2.24, 2.45) is 0 Å². The maximum absolute atomic E-state index is 9.84. The molecule has 0 bridgehead atoms. The van der Waals surface area contributed by atoms with Gasteiger partial charge in [-0.05, 0) is 30.9 Å². The van der Waals surface area contributed by atoms with E-state index < -0.39 is 0 Å². The lowest BCUT2D eigenvalue weighted by atomic mass is 10.1. The molecule has 0 amide bonds. The molecule has 1 unspecified atom stereocenters. The number of hydrogen-bond donors (Lipinski definition) is 3. The Morgan fingerprint density at radius 2 is 2.12 bits per heavy atom. The summed E-state index contributed by atoms with van der Waals surface area (Å²) in [6.45, 7) is 1.11. The summed E-state index contributed by atoms with van der Waals surface area (Å²) >= 11 is 0. The molecule has 0 aromatic heterocycles. The SMILES string of the molecule is OCCc1ccc(N2CCCC2CO)cc1O. The Balaban J connectivity index is 2.19. The van der Waals surface area contributed by atoms with Crippen LogP contribution in [-0.4, -0.2) is 41.1 Å². The Hall–Kier alpha value is -1.26. The summed E-state index contributed by atoms with van der Waals surface area (Å²) in [7, 11) is 0. The third-order valence-electron chi connectivity index (χ3n) is 3.37. The largest absolute Gasteiger partial charge is 0.508 e. The summed E-state index contributed by atoms with van der Waals surface area (Å²) < 4.78 is 0. The van der Waals surface area contributed by atoms with Crippen molar-refractivity contribution in [3.63, 3.8) is 0 Å². The lowest BCUT2D eigenvalue weighted by Gasteiger charge is -2.25. The lowest BCUT2D eigenvalue weighted by molar-refractivity contribution is 0.266. The van der Waals surface area contributed by atoms with Crippen LogP contribution in [0.25, 0.3) is 0 Å². The second-order valence-corrected chi connectivity index (χ2v) is 4.46. The summed E-state index contributed by atoms with van der Waals surface area (Å²) in [6.07, 6.45) is 2.54. The Bertz CT molecular complexity index is 381. The van der Waals surface area contributed by atoms with Gasteiger partial charge in [-0.25, -0.2) is 0 Å². The van der Waals surface area contributed by atoms with Gasteiger partial charge in [0, 0.05) is 24.9 Å². The quantitative estimate of drug-likeness (QED) is 0.727. The van der Waals surface area contributed by atoms with Gasteiger partial charge in [-0.1, -0.05) is 6.07 Å². The third-order valence-corrected chi connectivity index (χ3v) is 3.37. The molecule has 2 rings (SSSR count). The van der Waals surface area contributed by atoms with Gasteiger partial charge in [-0.15, -0.1) is 0 Å². The average Bonchev–Trinajstić information content (AvgIpc) is 2.80. The van der Waals surface area contributed by atoms with E-state index in [-0.39, 0.29) is 25.0 Å². The Morgan fingerprint density at radius 3 is 2.76 bits per heavy atom. The van der Waals surface area contributed by atoms with Gasteiger partial charge < -0.3 is 20.2 Å². The average molecular weight is 237 g/mol. The molecule has 1 atom stereocenters. The summed E-state index contributed by atoms with van der Waals surface area (Å²) in [5, 5.41) is 28.0. The fraction of sp³-hybridized carbons (Fsp3) is 0.538. The van der Waals surface area contributed by atoms with Gasteiger partial charge in [0.05, 0.1) is 12.6 Å². The molecule has 0 radical (unpaired) electrons. The molecule has 4 nitrogen and oxygen atoms in total. The second kappa shape index (κ2) is 5.38. The molecule has 94 valence electrons. The topological polar surface area (TPSA) is 63.9 Å². The molecule has 0 aliphatic carbocycles. The highest BCUT2D eigenvalue weighted by Crippen LogP contribution is 2.30. The molecule has 17 heavy (non-hydrogen) atoms. The standard InChI is InChI=1S/C13H19NO3/c15-7-5-10-3-4-11(8-13(10)17)14-6-1-2-12(14)9-16/h3-4,8,12,15-17H,1-2,5-7,9H2. The maximum atomic E-state index is 9.84. The Kier molecular flexibility index (Phi) is 3.86. The van der Waals surface area contributed by atoms with Crippen LogP contribution in [0.3, 0.4) is 0 Å². The molecule has 1 aromatic carbocycles. The molecule has 1 saturated heterocycles. The number of aliphatic hydroxyl groups excluding tert-OH is 2. The maximum Gasteiger partial charge on any atom is 0.120 e. The Morgan fingerprint density at radius 1 is 1.29 bits per heavy atom. The molecule has 0 saturated carbocycles. The molecular weight excluding hydrogens is 218 g/mol. The van der Waals surface area contributed by atoms with Crippen LogP contribution >= 0.6 is 0 Å². The number of aromatic hydroxyl groups is 1. The Labute approximate surface area is 101 Å². The number of rotatable bonds is 4. The summed E-state index contributed by atoms with van der Waals surface area (Å²) in [5.74, 6) is 0.222. The first-order valence-corrected chi connectivity index (χ1v) is 6.06. The van der Waals surface area contributed by atoms with E-state index in [1.807, 2.05) is 12.1 Å². The van der Waals surface area contributed by atoms with E-state index in [1.165, 1.54) is 0 Å². The molecular formula is C13H19NO3. The minimum Gasteiger partial charge on any atom is -0.508 e. The van der Waals surface area contributed by atoms with Crippen LogP contribution in [0.15, 0.2) is 18.2 Å². The summed E-state index contributed by atoms with van der Waals surface area (Å²) in [4.78, 5) is 2.13. The number of phenols is 1. The van der Waals surface area contributed by atoms with Crippen molar-refractivity contribution in [1.82, 2.24) is 0 Å². The van der Waals surface area contributed by atoms with Crippen molar-refractivity contribution >= 4 is 5.69 Å². The number of phenolic OH excluding ortho intramolecular Hbond substituents is 1. The third kappa shape index (κ3) is 2.53. The van der Waals surface area contributed by atoms with E-state index >= 15 is 0 Å². The van der Waals surface area contributed by atoms with E-state index in [1.54, 1.807) is 6.07 Å². The number of benzene rings is 1. The van der Waals surface area contributed by atoms with Gasteiger partial charge in [0.2, 0.25) is 0 Å². The molecule has 1 aromatic rings. The fourth-order valence-electron chi connectivity index (χ4n) is 2.43. The fourth-order valence-corrected chi connectivity index (χ4v) is 2.43. The van der Waals surface area contributed by atoms with Crippen molar-refractivity contribution in [1.29, 1.82) is 0 Å². The van der Waals surface area contributed by atoms with Crippen molar-refractivity contribution < 1.29 is 15.3 Å². The molecule has 3 N–H and O–H groups in total. The zero-order chi connectivity index (χ0) is 12.3. The highest BCUT2D eigenvalue weighted by atomic mass is 16.3. The van der Waals surface area contributed by atoms with E-state index in [9.17, 15) is 10.2 Å². The van der Waals surface area contributed by atoms with Gasteiger partial charge in [-0.2, -0.15) is 0 Å². The predicted molar refractivity (Wildman–Crippen MR) is 66.4 cm³/mol. The van der Waals surface area contributed by atoms with Crippen molar-refractivity contribution in [3.05, 3.63) is 23.8 Å². The molecule has 0 spiro atoms. The normalized spacial score (nSPS) is 19.9. The number of aliphatic hydroxyl groups is 2. The van der Waals surface area contributed by atoms with Crippen LogP contribution in [-0.2, 0) is 6.42 Å².